The predicted molar refractivity (Wildman–Crippen MR) is 101 cm³/mol. The van der Waals surface area contributed by atoms with Gasteiger partial charge in [0.2, 0.25) is 11.8 Å². The summed E-state index contributed by atoms with van der Waals surface area (Å²) in [5.41, 5.74) is 23.2. The van der Waals surface area contributed by atoms with E-state index in [9.17, 15) is 9.59 Å². The van der Waals surface area contributed by atoms with Crippen LogP contribution in [0.2, 0.25) is 0 Å². The lowest BCUT2D eigenvalue weighted by atomic mass is 10.0. The number of halogens is 1. The summed E-state index contributed by atoms with van der Waals surface area (Å²) in [5.74, 6) is -0.578. The molecule has 9 N–H and O–H groups in total. The summed E-state index contributed by atoms with van der Waals surface area (Å²) in [7, 11) is 0. The van der Waals surface area contributed by atoms with Gasteiger partial charge in [-0.3, -0.25) is 14.6 Å². The maximum absolute atomic E-state index is 12.1. The highest BCUT2D eigenvalue weighted by Gasteiger charge is 2.16. The van der Waals surface area contributed by atoms with Gasteiger partial charge in [-0.05, 0) is 30.9 Å². The normalized spacial score (nSPS) is 12.4. The van der Waals surface area contributed by atoms with E-state index in [0.717, 1.165) is 11.1 Å². The van der Waals surface area contributed by atoms with Crippen LogP contribution in [0.3, 0.4) is 0 Å². The zero-order chi connectivity index (χ0) is 18.1. The zero-order valence-electron chi connectivity index (χ0n) is 14.3. The molecule has 1 rings (SSSR count). The van der Waals surface area contributed by atoms with E-state index in [4.69, 9.17) is 22.9 Å². The van der Waals surface area contributed by atoms with Crippen LogP contribution >= 0.6 is 12.4 Å². The topological polar surface area (TPSA) is 163 Å². The number of rotatable bonds is 9. The lowest BCUT2D eigenvalue weighted by Gasteiger charge is -2.18. The highest BCUT2D eigenvalue weighted by molar-refractivity contribution is 5.85. The first-order valence-electron chi connectivity index (χ1n) is 7.78. The molecule has 0 spiro atoms. The quantitative estimate of drug-likeness (QED) is 0.228. The molecule has 1 unspecified atom stereocenters. The number of hydrogen-bond acceptors (Lipinski definition) is 4. The number of guanidine groups is 1. The van der Waals surface area contributed by atoms with E-state index in [1.807, 2.05) is 31.2 Å². The minimum Gasteiger partial charge on any atom is -0.370 e. The maximum Gasteiger partial charge on any atom is 0.237 e. The van der Waals surface area contributed by atoms with Crippen molar-refractivity contribution in [3.8, 4) is 0 Å². The molecule has 0 radical (unpaired) electrons. The Balaban J connectivity index is 0.00000576. The lowest BCUT2D eigenvalue weighted by molar-refractivity contribution is -0.123. The first-order valence-corrected chi connectivity index (χ1v) is 7.78. The molecule has 0 aliphatic carbocycles. The Labute approximate surface area is 153 Å². The monoisotopic (exact) mass is 370 g/mol. The highest BCUT2D eigenvalue weighted by Crippen LogP contribution is 2.14. The van der Waals surface area contributed by atoms with Crippen LogP contribution in [0.15, 0.2) is 29.3 Å². The molecule has 9 heteroatoms. The SMILES string of the molecule is CC(NC(=O)[C@@H](N)CCCN=C(N)N)c1ccc(CC(N)=O)cc1.Cl. The molecule has 0 saturated heterocycles. The molecule has 8 nitrogen and oxygen atoms in total. The van der Waals surface area contributed by atoms with E-state index >= 15 is 0 Å². The van der Waals surface area contributed by atoms with E-state index < -0.39 is 6.04 Å². The van der Waals surface area contributed by atoms with E-state index in [-0.39, 0.29) is 42.6 Å². The third-order valence-electron chi connectivity index (χ3n) is 3.52. The van der Waals surface area contributed by atoms with Gasteiger partial charge in [-0.1, -0.05) is 24.3 Å². The van der Waals surface area contributed by atoms with Crippen molar-refractivity contribution in [2.45, 2.75) is 38.3 Å². The molecule has 1 aromatic carbocycles. The van der Waals surface area contributed by atoms with Crippen LogP contribution in [-0.4, -0.2) is 30.4 Å². The summed E-state index contributed by atoms with van der Waals surface area (Å²) in [6.07, 6.45) is 1.32. The fourth-order valence-electron chi connectivity index (χ4n) is 2.18. The molecule has 2 amide bonds. The first kappa shape index (κ1) is 22.7. The molecule has 0 heterocycles. The third kappa shape index (κ3) is 8.92. The smallest absolute Gasteiger partial charge is 0.237 e. The molecular weight excluding hydrogens is 344 g/mol. The molecule has 0 fully saturated rings. The van der Waals surface area contributed by atoms with Gasteiger partial charge in [0, 0.05) is 6.54 Å². The fourth-order valence-corrected chi connectivity index (χ4v) is 2.18. The minimum absolute atomic E-state index is 0. The predicted octanol–water partition coefficient (Wildman–Crippen LogP) is -0.306. The average molecular weight is 371 g/mol. The van der Waals surface area contributed by atoms with E-state index in [0.29, 0.717) is 19.4 Å². The van der Waals surface area contributed by atoms with Crippen molar-refractivity contribution in [3.05, 3.63) is 35.4 Å². The Bertz CT molecular complexity index is 587. The van der Waals surface area contributed by atoms with Crippen molar-refractivity contribution in [1.82, 2.24) is 5.32 Å². The van der Waals surface area contributed by atoms with E-state index in [1.165, 1.54) is 0 Å². The Morgan fingerprint density at radius 2 is 1.76 bits per heavy atom. The van der Waals surface area contributed by atoms with Gasteiger partial charge in [-0.2, -0.15) is 0 Å². The summed E-state index contributed by atoms with van der Waals surface area (Å²) < 4.78 is 0. The van der Waals surface area contributed by atoms with Crippen molar-refractivity contribution < 1.29 is 9.59 Å². The second-order valence-corrected chi connectivity index (χ2v) is 5.67. The summed E-state index contributed by atoms with van der Waals surface area (Å²) in [6.45, 7) is 2.31. The number of carbonyl (C=O) groups is 2. The van der Waals surface area contributed by atoms with Gasteiger partial charge in [0.1, 0.15) is 0 Å². The van der Waals surface area contributed by atoms with Crippen molar-refractivity contribution >= 4 is 30.2 Å². The summed E-state index contributed by atoms with van der Waals surface area (Å²) in [6, 6.07) is 6.54. The van der Waals surface area contributed by atoms with Gasteiger partial charge in [-0.25, -0.2) is 0 Å². The van der Waals surface area contributed by atoms with Crippen molar-refractivity contribution in [2.24, 2.45) is 27.9 Å². The van der Waals surface area contributed by atoms with Crippen LogP contribution in [0.5, 0.6) is 0 Å². The highest BCUT2D eigenvalue weighted by atomic mass is 35.5. The molecule has 140 valence electrons. The van der Waals surface area contributed by atoms with Crippen LogP contribution in [0.4, 0.5) is 0 Å². The van der Waals surface area contributed by atoms with Crippen LogP contribution in [0.25, 0.3) is 0 Å². The molecule has 2 atom stereocenters. The van der Waals surface area contributed by atoms with Gasteiger partial charge in [0.05, 0.1) is 18.5 Å². The Morgan fingerprint density at radius 3 is 2.28 bits per heavy atom. The summed E-state index contributed by atoms with van der Waals surface area (Å²) in [4.78, 5) is 26.8. The summed E-state index contributed by atoms with van der Waals surface area (Å²) >= 11 is 0. The molecule has 0 aliphatic rings. The third-order valence-corrected chi connectivity index (χ3v) is 3.52. The number of nitrogens with two attached hydrogens (primary N) is 4. The molecule has 0 saturated carbocycles. The van der Waals surface area contributed by atoms with Crippen LogP contribution in [0, 0.1) is 0 Å². The number of primary amides is 1. The van der Waals surface area contributed by atoms with Gasteiger partial charge >= 0.3 is 0 Å². The Morgan fingerprint density at radius 1 is 1.16 bits per heavy atom. The molecule has 1 aromatic rings. The average Bonchev–Trinajstić information content (AvgIpc) is 2.51. The van der Waals surface area contributed by atoms with Crippen molar-refractivity contribution in [2.75, 3.05) is 6.54 Å². The second kappa shape index (κ2) is 11.3. The minimum atomic E-state index is -0.615. The maximum atomic E-state index is 12.1. The number of nitrogens with one attached hydrogen (secondary N) is 1. The Kier molecular flexibility index (Phi) is 10.2. The zero-order valence-corrected chi connectivity index (χ0v) is 15.1. The largest absolute Gasteiger partial charge is 0.370 e. The van der Waals surface area contributed by atoms with Crippen LogP contribution < -0.4 is 28.3 Å². The van der Waals surface area contributed by atoms with Gasteiger partial charge in [0.25, 0.3) is 0 Å². The molecular formula is C16H27ClN6O2. The van der Waals surface area contributed by atoms with E-state index in [1.54, 1.807) is 0 Å². The number of benzene rings is 1. The summed E-state index contributed by atoms with van der Waals surface area (Å²) in [5, 5.41) is 2.87. The van der Waals surface area contributed by atoms with Gasteiger partial charge in [0.15, 0.2) is 5.96 Å². The Hall–Kier alpha value is -2.32. The standard InChI is InChI=1S/C16H26N6O2.ClH/c1-10(12-6-4-11(5-7-12)9-14(18)23)22-15(24)13(17)3-2-8-21-16(19)20;/h4-7,10,13H,2-3,8-9,17H2,1H3,(H2,18,23)(H,22,24)(H4,19,20,21);1H/t10?,13-;/m0./s1. The van der Waals surface area contributed by atoms with Crippen LogP contribution in [-0.2, 0) is 16.0 Å². The molecule has 0 bridgehead atoms. The fraction of sp³-hybridized carbons (Fsp3) is 0.438. The lowest BCUT2D eigenvalue weighted by Crippen LogP contribution is -2.41. The van der Waals surface area contributed by atoms with Crippen molar-refractivity contribution in [1.29, 1.82) is 0 Å². The number of carbonyl (C=O) groups excluding carboxylic acids is 2. The van der Waals surface area contributed by atoms with Gasteiger partial charge < -0.3 is 28.3 Å². The van der Waals surface area contributed by atoms with Crippen molar-refractivity contribution in [3.63, 3.8) is 0 Å². The molecule has 25 heavy (non-hydrogen) atoms. The number of hydrogen-bond donors (Lipinski definition) is 5. The molecule has 0 aromatic heterocycles. The van der Waals surface area contributed by atoms with Crippen LogP contribution in [0.1, 0.15) is 36.9 Å². The second-order valence-electron chi connectivity index (χ2n) is 5.67. The van der Waals surface area contributed by atoms with Gasteiger partial charge in [-0.15, -0.1) is 12.4 Å². The van der Waals surface area contributed by atoms with E-state index in [2.05, 4.69) is 10.3 Å². The number of amides is 2. The number of nitrogens with zero attached hydrogens (tertiary/aromatic N) is 1. The first-order chi connectivity index (χ1) is 11.3. The number of aliphatic imine (C=N–C) groups is 1. The molecule has 0 aliphatic heterocycles.